The van der Waals surface area contributed by atoms with Crippen molar-refractivity contribution in [1.82, 2.24) is 9.99 Å². The topological polar surface area (TPSA) is 49.6 Å². The minimum atomic E-state index is -0.223. The van der Waals surface area contributed by atoms with Crippen molar-refractivity contribution in [2.45, 2.75) is 19.4 Å². The summed E-state index contributed by atoms with van der Waals surface area (Å²) in [7, 11) is 0. The van der Waals surface area contributed by atoms with E-state index in [9.17, 15) is 4.79 Å². The SMILES string of the molecule is O=C(N/N=C\c1cn(Cc2ccccc2Cl)c2ccccc12)c1ccc(N2CCCC2)cc1. The summed E-state index contributed by atoms with van der Waals surface area (Å²) in [5.41, 5.74) is 7.48. The molecule has 1 N–H and O–H groups in total. The molecule has 0 saturated carbocycles. The van der Waals surface area contributed by atoms with E-state index in [4.69, 9.17) is 11.6 Å². The number of hydrogen-bond acceptors (Lipinski definition) is 3. The molecule has 0 bridgehead atoms. The van der Waals surface area contributed by atoms with E-state index in [1.165, 1.54) is 18.5 Å². The minimum Gasteiger partial charge on any atom is -0.372 e. The molecule has 1 aliphatic rings. The van der Waals surface area contributed by atoms with E-state index in [0.717, 1.165) is 40.1 Å². The molecule has 6 heteroatoms. The van der Waals surface area contributed by atoms with Crippen LogP contribution in [0.4, 0.5) is 5.69 Å². The highest BCUT2D eigenvalue weighted by atomic mass is 35.5. The summed E-state index contributed by atoms with van der Waals surface area (Å²) < 4.78 is 2.15. The van der Waals surface area contributed by atoms with Gasteiger partial charge in [-0.3, -0.25) is 4.79 Å². The Kier molecular flexibility index (Phi) is 6.13. The molecule has 1 amide bonds. The first kappa shape index (κ1) is 21.3. The number of benzene rings is 3. The van der Waals surface area contributed by atoms with Gasteiger partial charge >= 0.3 is 0 Å². The van der Waals surface area contributed by atoms with Gasteiger partial charge in [-0.2, -0.15) is 5.10 Å². The van der Waals surface area contributed by atoms with E-state index in [-0.39, 0.29) is 5.91 Å². The fourth-order valence-electron chi connectivity index (χ4n) is 4.34. The van der Waals surface area contributed by atoms with Crippen molar-refractivity contribution in [2.75, 3.05) is 18.0 Å². The third-order valence-electron chi connectivity index (χ3n) is 6.09. The van der Waals surface area contributed by atoms with E-state index >= 15 is 0 Å². The van der Waals surface area contributed by atoms with Crippen LogP contribution in [-0.4, -0.2) is 29.8 Å². The molecule has 0 aliphatic carbocycles. The Hall–Kier alpha value is -3.57. The van der Waals surface area contributed by atoms with Crippen LogP contribution in [0.5, 0.6) is 0 Å². The number of rotatable bonds is 6. The highest BCUT2D eigenvalue weighted by Crippen LogP contribution is 2.24. The number of hydrogen-bond donors (Lipinski definition) is 1. The van der Waals surface area contributed by atoms with E-state index in [1.54, 1.807) is 6.21 Å². The molecule has 2 heterocycles. The highest BCUT2D eigenvalue weighted by molar-refractivity contribution is 6.31. The molecular weight excluding hydrogens is 432 g/mol. The molecule has 1 aliphatic heterocycles. The summed E-state index contributed by atoms with van der Waals surface area (Å²) in [4.78, 5) is 14.9. The van der Waals surface area contributed by atoms with Crippen LogP contribution in [0.1, 0.15) is 34.3 Å². The third kappa shape index (κ3) is 4.64. The maximum Gasteiger partial charge on any atom is 0.271 e. The summed E-state index contributed by atoms with van der Waals surface area (Å²) in [6.45, 7) is 2.82. The molecule has 4 aromatic rings. The summed E-state index contributed by atoms with van der Waals surface area (Å²) in [6.07, 6.45) is 6.19. The van der Waals surface area contributed by atoms with Crippen molar-refractivity contribution < 1.29 is 4.79 Å². The Bertz CT molecular complexity index is 1300. The van der Waals surface area contributed by atoms with Crippen LogP contribution in [-0.2, 0) is 6.54 Å². The molecule has 0 unspecified atom stereocenters. The summed E-state index contributed by atoms with van der Waals surface area (Å²) >= 11 is 6.37. The predicted octanol–water partition coefficient (Wildman–Crippen LogP) is 5.71. The Morgan fingerprint density at radius 3 is 2.48 bits per heavy atom. The van der Waals surface area contributed by atoms with Crippen molar-refractivity contribution in [3.63, 3.8) is 0 Å². The van der Waals surface area contributed by atoms with E-state index < -0.39 is 0 Å². The zero-order chi connectivity index (χ0) is 22.6. The lowest BCUT2D eigenvalue weighted by atomic mass is 10.2. The van der Waals surface area contributed by atoms with Crippen LogP contribution in [0.15, 0.2) is 84.1 Å². The lowest BCUT2D eigenvalue weighted by molar-refractivity contribution is 0.0955. The number of nitrogens with one attached hydrogen (secondary N) is 1. The van der Waals surface area contributed by atoms with Gasteiger partial charge in [-0.1, -0.05) is 48.0 Å². The van der Waals surface area contributed by atoms with Gasteiger partial charge in [-0.25, -0.2) is 5.43 Å². The molecule has 1 aromatic heterocycles. The number of carbonyl (C=O) groups is 1. The minimum absolute atomic E-state index is 0.223. The van der Waals surface area contributed by atoms with E-state index in [1.807, 2.05) is 66.9 Å². The van der Waals surface area contributed by atoms with Gasteiger partial charge in [0.1, 0.15) is 0 Å². The maximum atomic E-state index is 12.6. The molecule has 33 heavy (non-hydrogen) atoms. The Labute approximate surface area is 198 Å². The number of fused-ring (bicyclic) bond motifs is 1. The monoisotopic (exact) mass is 456 g/mol. The summed E-state index contributed by atoms with van der Waals surface area (Å²) in [6, 6.07) is 23.7. The first-order valence-corrected chi connectivity index (χ1v) is 11.6. The van der Waals surface area contributed by atoms with Crippen LogP contribution in [0.3, 0.4) is 0 Å². The van der Waals surface area contributed by atoms with Gasteiger partial charge in [0, 0.05) is 58.6 Å². The smallest absolute Gasteiger partial charge is 0.271 e. The predicted molar refractivity (Wildman–Crippen MR) is 135 cm³/mol. The Balaban J connectivity index is 1.31. The van der Waals surface area contributed by atoms with Gasteiger partial charge in [0.2, 0.25) is 0 Å². The number of anilines is 1. The van der Waals surface area contributed by atoms with Gasteiger partial charge in [0.15, 0.2) is 0 Å². The van der Waals surface area contributed by atoms with Crippen LogP contribution in [0.2, 0.25) is 5.02 Å². The van der Waals surface area contributed by atoms with E-state index in [2.05, 4.69) is 32.1 Å². The number of amides is 1. The lowest BCUT2D eigenvalue weighted by Gasteiger charge is -2.17. The molecule has 5 rings (SSSR count). The molecule has 1 saturated heterocycles. The number of para-hydroxylation sites is 1. The molecule has 1 fully saturated rings. The molecular formula is C27H25ClN4O. The average molecular weight is 457 g/mol. The zero-order valence-electron chi connectivity index (χ0n) is 18.2. The largest absolute Gasteiger partial charge is 0.372 e. The van der Waals surface area contributed by atoms with Crippen molar-refractivity contribution in [3.8, 4) is 0 Å². The normalized spacial score (nSPS) is 13.8. The fraction of sp³-hybridized carbons (Fsp3) is 0.185. The number of halogens is 1. The third-order valence-corrected chi connectivity index (χ3v) is 6.46. The first-order chi connectivity index (χ1) is 16.2. The second kappa shape index (κ2) is 9.51. The number of hydrazone groups is 1. The molecule has 0 atom stereocenters. The van der Waals surface area contributed by atoms with Gasteiger partial charge in [-0.15, -0.1) is 0 Å². The molecule has 5 nitrogen and oxygen atoms in total. The van der Waals surface area contributed by atoms with Crippen molar-refractivity contribution in [2.24, 2.45) is 5.10 Å². The average Bonchev–Trinajstić information content (AvgIpc) is 3.50. The van der Waals surface area contributed by atoms with Crippen molar-refractivity contribution >= 4 is 40.3 Å². The number of aromatic nitrogens is 1. The summed E-state index contributed by atoms with van der Waals surface area (Å²) in [5, 5.41) is 6.04. The van der Waals surface area contributed by atoms with Gasteiger partial charge in [-0.05, 0) is 54.8 Å². The van der Waals surface area contributed by atoms with Crippen molar-refractivity contribution in [3.05, 3.63) is 101 Å². The molecule has 166 valence electrons. The fourth-order valence-corrected chi connectivity index (χ4v) is 4.54. The van der Waals surface area contributed by atoms with Crippen LogP contribution < -0.4 is 10.3 Å². The van der Waals surface area contributed by atoms with Crippen LogP contribution in [0.25, 0.3) is 10.9 Å². The second-order valence-electron chi connectivity index (χ2n) is 8.26. The van der Waals surface area contributed by atoms with Crippen molar-refractivity contribution in [1.29, 1.82) is 0 Å². The van der Waals surface area contributed by atoms with Crippen LogP contribution in [0, 0.1) is 0 Å². The maximum absolute atomic E-state index is 12.6. The Morgan fingerprint density at radius 2 is 1.70 bits per heavy atom. The summed E-state index contributed by atoms with van der Waals surface area (Å²) in [5.74, 6) is -0.223. The first-order valence-electron chi connectivity index (χ1n) is 11.2. The van der Waals surface area contributed by atoms with Gasteiger partial charge in [0.05, 0.1) is 6.21 Å². The van der Waals surface area contributed by atoms with E-state index in [0.29, 0.717) is 12.1 Å². The molecule has 0 spiro atoms. The molecule has 3 aromatic carbocycles. The zero-order valence-corrected chi connectivity index (χ0v) is 19.0. The van der Waals surface area contributed by atoms with Gasteiger partial charge in [0.25, 0.3) is 5.91 Å². The molecule has 0 radical (unpaired) electrons. The quantitative estimate of drug-likeness (QED) is 0.298. The Morgan fingerprint density at radius 1 is 0.970 bits per heavy atom. The standard InChI is InChI=1S/C27H25ClN4O/c28-25-9-3-1-7-21(25)18-32-19-22(24-8-2-4-10-26(24)32)17-29-30-27(33)20-11-13-23(14-12-20)31-15-5-6-16-31/h1-4,7-14,17,19H,5-6,15-16,18H2,(H,30,33)/b29-17-. The second-order valence-corrected chi connectivity index (χ2v) is 8.67. The van der Waals surface area contributed by atoms with Gasteiger partial charge < -0.3 is 9.47 Å². The van der Waals surface area contributed by atoms with Crippen LogP contribution >= 0.6 is 11.6 Å². The lowest BCUT2D eigenvalue weighted by Crippen LogP contribution is -2.19. The number of nitrogens with zero attached hydrogens (tertiary/aromatic N) is 3. The highest BCUT2D eigenvalue weighted by Gasteiger charge is 2.13. The number of carbonyl (C=O) groups excluding carboxylic acids is 1.